The first-order valence-electron chi connectivity index (χ1n) is 8.99. The van der Waals surface area contributed by atoms with Crippen LogP contribution in [0.4, 0.5) is 0 Å². The Labute approximate surface area is 157 Å². The summed E-state index contributed by atoms with van der Waals surface area (Å²) >= 11 is 1.23. The first kappa shape index (κ1) is 18.5. The van der Waals surface area contributed by atoms with E-state index < -0.39 is 5.97 Å². The fraction of sp³-hybridized carbons (Fsp3) is 0.474. The first-order chi connectivity index (χ1) is 12.6. The van der Waals surface area contributed by atoms with E-state index >= 15 is 0 Å². The van der Waals surface area contributed by atoms with E-state index in [0.29, 0.717) is 21.3 Å². The number of hydrogen-bond acceptors (Lipinski definition) is 6. The third-order valence-electron chi connectivity index (χ3n) is 4.42. The fourth-order valence-electron chi connectivity index (χ4n) is 3.07. The fourth-order valence-corrected chi connectivity index (χ4v) is 4.01. The van der Waals surface area contributed by atoms with Crippen LogP contribution in [0.3, 0.4) is 0 Å². The molecule has 1 fully saturated rings. The van der Waals surface area contributed by atoms with Gasteiger partial charge in [0.05, 0.1) is 11.4 Å². The molecule has 1 N–H and O–H groups in total. The molecule has 2 heterocycles. The average molecular weight is 373 g/mol. The number of amides is 1. The summed E-state index contributed by atoms with van der Waals surface area (Å²) < 4.78 is 5.19. The smallest absolute Gasteiger partial charge is 0.350 e. The van der Waals surface area contributed by atoms with E-state index in [9.17, 15) is 9.59 Å². The quantitative estimate of drug-likeness (QED) is 0.641. The minimum atomic E-state index is -0.516. The number of esters is 1. The molecule has 0 aromatic carbocycles. The topological polar surface area (TPSA) is 81.2 Å². The maximum absolute atomic E-state index is 12.3. The van der Waals surface area contributed by atoms with Crippen molar-refractivity contribution in [1.29, 1.82) is 0 Å². The Kier molecular flexibility index (Phi) is 6.33. The van der Waals surface area contributed by atoms with Crippen molar-refractivity contribution in [2.75, 3.05) is 6.61 Å². The van der Waals surface area contributed by atoms with Crippen molar-refractivity contribution in [3.05, 3.63) is 35.0 Å². The lowest BCUT2D eigenvalue weighted by molar-refractivity contribution is -0.125. The Morgan fingerprint density at radius 3 is 2.69 bits per heavy atom. The van der Waals surface area contributed by atoms with E-state index in [1.54, 1.807) is 13.1 Å². The molecule has 1 amide bonds. The highest BCUT2D eigenvalue weighted by molar-refractivity contribution is 7.17. The molecule has 0 spiro atoms. The number of hydrogen-bond donors (Lipinski definition) is 1. The molecule has 3 rings (SSSR count). The van der Waals surface area contributed by atoms with E-state index in [-0.39, 0.29) is 18.6 Å². The Hall–Kier alpha value is -2.28. The summed E-state index contributed by atoms with van der Waals surface area (Å²) in [5, 5.41) is 3.64. The van der Waals surface area contributed by atoms with Crippen LogP contribution in [-0.4, -0.2) is 34.5 Å². The summed E-state index contributed by atoms with van der Waals surface area (Å²) in [6, 6.07) is 5.73. The zero-order valence-corrected chi connectivity index (χ0v) is 15.7. The number of carbonyl (C=O) groups is 2. The molecule has 2 aromatic rings. The van der Waals surface area contributed by atoms with Gasteiger partial charge in [-0.3, -0.25) is 9.78 Å². The normalized spacial score (nSPS) is 15.3. The van der Waals surface area contributed by atoms with E-state index in [1.165, 1.54) is 24.2 Å². The maximum Gasteiger partial charge on any atom is 0.350 e. The van der Waals surface area contributed by atoms with Crippen molar-refractivity contribution < 1.29 is 14.3 Å². The van der Waals surface area contributed by atoms with Gasteiger partial charge in [0, 0.05) is 12.2 Å². The average Bonchev–Trinajstić information content (AvgIpc) is 2.86. The van der Waals surface area contributed by atoms with Crippen LogP contribution in [0.15, 0.2) is 24.4 Å². The number of carbonyl (C=O) groups excluding carboxylic acids is 2. The molecule has 0 radical (unpaired) electrons. The van der Waals surface area contributed by atoms with Crippen molar-refractivity contribution in [2.24, 2.45) is 0 Å². The van der Waals surface area contributed by atoms with Crippen LogP contribution in [0.25, 0.3) is 10.7 Å². The SMILES string of the molecule is Cc1nc(-c2ccccn2)sc1C(=O)OCC(=O)NC1CCCCCC1. The second-order valence-corrected chi connectivity index (χ2v) is 7.48. The minimum Gasteiger partial charge on any atom is -0.451 e. The number of nitrogens with one attached hydrogen (secondary N) is 1. The van der Waals surface area contributed by atoms with Crippen molar-refractivity contribution in [3.63, 3.8) is 0 Å². The third kappa shape index (κ3) is 4.88. The lowest BCUT2D eigenvalue weighted by atomic mass is 10.1. The van der Waals surface area contributed by atoms with Gasteiger partial charge in [-0.25, -0.2) is 9.78 Å². The van der Waals surface area contributed by atoms with Crippen molar-refractivity contribution in [3.8, 4) is 10.7 Å². The second kappa shape index (κ2) is 8.89. The van der Waals surface area contributed by atoms with Gasteiger partial charge in [0.1, 0.15) is 9.88 Å². The molecule has 0 unspecified atom stereocenters. The lowest BCUT2D eigenvalue weighted by Gasteiger charge is -2.15. The summed E-state index contributed by atoms with van der Waals surface area (Å²) in [5.74, 6) is -0.754. The van der Waals surface area contributed by atoms with Gasteiger partial charge < -0.3 is 10.1 Å². The van der Waals surface area contributed by atoms with Gasteiger partial charge in [0.15, 0.2) is 6.61 Å². The molecule has 2 aromatic heterocycles. The Bertz CT molecular complexity index is 753. The number of aromatic nitrogens is 2. The van der Waals surface area contributed by atoms with Gasteiger partial charge in [-0.1, -0.05) is 31.7 Å². The Morgan fingerprint density at radius 2 is 2.00 bits per heavy atom. The van der Waals surface area contributed by atoms with Crippen molar-refractivity contribution >= 4 is 23.2 Å². The number of nitrogens with zero attached hydrogens (tertiary/aromatic N) is 2. The van der Waals surface area contributed by atoms with E-state index in [0.717, 1.165) is 25.7 Å². The number of thiazole rings is 1. The summed E-state index contributed by atoms with van der Waals surface area (Å²) in [4.78, 5) is 33.4. The molecule has 1 aliphatic rings. The van der Waals surface area contributed by atoms with Crippen LogP contribution in [-0.2, 0) is 9.53 Å². The number of aryl methyl sites for hydroxylation is 1. The molecule has 0 atom stereocenters. The maximum atomic E-state index is 12.3. The van der Waals surface area contributed by atoms with Gasteiger partial charge >= 0.3 is 5.97 Å². The molecule has 0 bridgehead atoms. The van der Waals surface area contributed by atoms with E-state index in [2.05, 4.69) is 15.3 Å². The van der Waals surface area contributed by atoms with Crippen LogP contribution in [0.5, 0.6) is 0 Å². The molecule has 6 nitrogen and oxygen atoms in total. The number of ether oxygens (including phenoxy) is 1. The van der Waals surface area contributed by atoms with Gasteiger partial charge in [0.25, 0.3) is 5.91 Å². The largest absolute Gasteiger partial charge is 0.451 e. The summed E-state index contributed by atoms with van der Waals surface area (Å²) in [6.07, 6.45) is 8.42. The van der Waals surface area contributed by atoms with Crippen LogP contribution in [0.1, 0.15) is 53.9 Å². The van der Waals surface area contributed by atoms with Gasteiger partial charge in [0.2, 0.25) is 0 Å². The lowest BCUT2D eigenvalue weighted by Crippen LogP contribution is -2.37. The molecule has 7 heteroatoms. The predicted molar refractivity (Wildman–Crippen MR) is 100.0 cm³/mol. The zero-order valence-electron chi connectivity index (χ0n) is 14.9. The van der Waals surface area contributed by atoms with Gasteiger partial charge in [-0.15, -0.1) is 11.3 Å². The molecular weight excluding hydrogens is 350 g/mol. The number of pyridine rings is 1. The summed E-state index contributed by atoms with van der Waals surface area (Å²) in [7, 11) is 0. The molecule has 26 heavy (non-hydrogen) atoms. The summed E-state index contributed by atoms with van der Waals surface area (Å²) in [6.45, 7) is 1.50. The van der Waals surface area contributed by atoms with Gasteiger partial charge in [-0.05, 0) is 31.9 Å². The van der Waals surface area contributed by atoms with Crippen molar-refractivity contribution in [1.82, 2.24) is 15.3 Å². The van der Waals surface area contributed by atoms with E-state index in [1.807, 2.05) is 18.2 Å². The summed E-state index contributed by atoms with van der Waals surface area (Å²) in [5.41, 5.74) is 1.30. The number of rotatable bonds is 5. The Balaban J connectivity index is 1.55. The zero-order chi connectivity index (χ0) is 18.4. The molecule has 1 saturated carbocycles. The first-order valence-corrected chi connectivity index (χ1v) is 9.80. The van der Waals surface area contributed by atoms with Crippen LogP contribution in [0.2, 0.25) is 0 Å². The van der Waals surface area contributed by atoms with Crippen LogP contribution in [0, 0.1) is 6.92 Å². The monoisotopic (exact) mass is 373 g/mol. The van der Waals surface area contributed by atoms with Crippen molar-refractivity contribution in [2.45, 2.75) is 51.5 Å². The molecular formula is C19H23N3O3S. The molecule has 0 aliphatic heterocycles. The van der Waals surface area contributed by atoms with Gasteiger partial charge in [-0.2, -0.15) is 0 Å². The van der Waals surface area contributed by atoms with Crippen LogP contribution < -0.4 is 5.32 Å². The third-order valence-corrected chi connectivity index (χ3v) is 5.58. The molecule has 0 saturated heterocycles. The minimum absolute atomic E-state index is 0.199. The van der Waals surface area contributed by atoms with Crippen LogP contribution >= 0.6 is 11.3 Å². The standard InChI is InChI=1S/C19H23N3O3S/c1-13-17(26-18(21-13)15-10-6-7-11-20-15)19(24)25-12-16(23)22-14-8-4-2-3-5-9-14/h6-7,10-11,14H,2-5,8-9,12H2,1H3,(H,22,23). The Morgan fingerprint density at radius 1 is 1.23 bits per heavy atom. The highest BCUT2D eigenvalue weighted by Gasteiger charge is 2.20. The highest BCUT2D eigenvalue weighted by Crippen LogP contribution is 2.26. The molecule has 138 valence electrons. The van der Waals surface area contributed by atoms with E-state index in [4.69, 9.17) is 4.74 Å². The highest BCUT2D eigenvalue weighted by atomic mass is 32.1. The second-order valence-electron chi connectivity index (χ2n) is 6.48. The predicted octanol–water partition coefficient (Wildman–Crippen LogP) is 3.51. The molecule has 1 aliphatic carbocycles.